The largest absolute Gasteiger partial charge is 0.495 e. The van der Waals surface area contributed by atoms with Crippen LogP contribution in [0.4, 0.5) is 0 Å². The minimum absolute atomic E-state index is 0.387. The van der Waals surface area contributed by atoms with Crippen molar-refractivity contribution in [1.29, 1.82) is 0 Å². The number of benzene rings is 1. The summed E-state index contributed by atoms with van der Waals surface area (Å²) in [5, 5.41) is 4.07. The van der Waals surface area contributed by atoms with Gasteiger partial charge in [0.25, 0.3) is 0 Å². The fourth-order valence-electron chi connectivity index (χ4n) is 1.96. The first-order chi connectivity index (χ1) is 9.15. The zero-order valence-corrected chi connectivity index (χ0v) is 12.9. The third-order valence-corrected chi connectivity index (χ3v) is 4.63. The predicted molar refractivity (Wildman–Crippen MR) is 83.4 cm³/mol. The highest BCUT2D eigenvalue weighted by Crippen LogP contribution is 2.35. The van der Waals surface area contributed by atoms with Crippen LogP contribution in [0.1, 0.15) is 24.8 Å². The lowest BCUT2D eigenvalue weighted by atomic mass is 10.2. The highest BCUT2D eigenvalue weighted by molar-refractivity contribution is 7.15. The van der Waals surface area contributed by atoms with Gasteiger partial charge in [-0.15, -0.1) is 11.3 Å². The third kappa shape index (κ3) is 3.30. The lowest BCUT2D eigenvalue weighted by Gasteiger charge is -2.09. The van der Waals surface area contributed by atoms with Gasteiger partial charge in [-0.25, -0.2) is 0 Å². The first-order valence-electron chi connectivity index (χ1n) is 6.32. The van der Waals surface area contributed by atoms with E-state index in [9.17, 15) is 0 Å². The van der Waals surface area contributed by atoms with Gasteiger partial charge in [-0.2, -0.15) is 0 Å². The maximum atomic E-state index is 6.05. The quantitative estimate of drug-likeness (QED) is 0.859. The summed E-state index contributed by atoms with van der Waals surface area (Å²) in [5.41, 5.74) is 1.14. The molecule has 1 N–H and O–H groups in total. The number of ether oxygens (including phenoxy) is 1. The van der Waals surface area contributed by atoms with Gasteiger partial charge >= 0.3 is 0 Å². The van der Waals surface area contributed by atoms with Crippen molar-refractivity contribution in [3.8, 4) is 16.2 Å². The number of methoxy groups -OCH3 is 1. The highest BCUT2D eigenvalue weighted by Gasteiger charge is 2.10. The number of hydrogen-bond acceptors (Lipinski definition) is 3. The summed E-state index contributed by atoms with van der Waals surface area (Å²) < 4.78 is 5.26. The molecule has 0 aliphatic heterocycles. The van der Waals surface area contributed by atoms with E-state index in [1.165, 1.54) is 9.75 Å². The van der Waals surface area contributed by atoms with Crippen LogP contribution < -0.4 is 10.1 Å². The molecule has 4 heteroatoms. The molecule has 19 heavy (non-hydrogen) atoms. The molecule has 0 bridgehead atoms. The van der Waals surface area contributed by atoms with E-state index in [0.29, 0.717) is 16.8 Å². The summed E-state index contributed by atoms with van der Waals surface area (Å²) >= 11 is 7.85. The second-order valence-corrected chi connectivity index (χ2v) is 5.85. The molecule has 0 saturated heterocycles. The maximum Gasteiger partial charge on any atom is 0.138 e. The zero-order chi connectivity index (χ0) is 13.8. The first kappa shape index (κ1) is 14.4. The molecule has 0 saturated carbocycles. The van der Waals surface area contributed by atoms with Gasteiger partial charge in [0.05, 0.1) is 12.1 Å². The molecule has 1 aromatic heterocycles. The van der Waals surface area contributed by atoms with Crippen LogP contribution in [-0.4, -0.2) is 13.7 Å². The molecule has 0 fully saturated rings. The van der Waals surface area contributed by atoms with Crippen LogP contribution in [0.2, 0.25) is 5.02 Å². The summed E-state index contributed by atoms with van der Waals surface area (Å²) in [7, 11) is 1.64. The van der Waals surface area contributed by atoms with Crippen LogP contribution in [0.3, 0.4) is 0 Å². The van der Waals surface area contributed by atoms with Crippen LogP contribution in [0, 0.1) is 0 Å². The van der Waals surface area contributed by atoms with Crippen LogP contribution >= 0.6 is 22.9 Å². The molecule has 1 unspecified atom stereocenters. The molecule has 102 valence electrons. The Hall–Kier alpha value is -1.03. The molecule has 2 aromatic rings. The zero-order valence-electron chi connectivity index (χ0n) is 11.4. The standard InChI is InChI=1S/C15H18ClNOS/c1-4-17-10(2)14-7-8-15(19-14)11-5-6-12(16)13(9-11)18-3/h5-10,17H,4H2,1-3H3. The van der Waals surface area contributed by atoms with Crippen molar-refractivity contribution in [3.63, 3.8) is 0 Å². The Morgan fingerprint density at radius 1 is 1.32 bits per heavy atom. The van der Waals surface area contributed by atoms with E-state index in [-0.39, 0.29) is 0 Å². The molecule has 1 atom stereocenters. The molecular weight excluding hydrogens is 278 g/mol. The van der Waals surface area contributed by atoms with E-state index in [1.54, 1.807) is 18.4 Å². The van der Waals surface area contributed by atoms with Gasteiger partial charge in [-0.05, 0) is 43.3 Å². The summed E-state index contributed by atoms with van der Waals surface area (Å²) in [6.45, 7) is 5.28. The van der Waals surface area contributed by atoms with E-state index in [0.717, 1.165) is 12.1 Å². The monoisotopic (exact) mass is 295 g/mol. The molecule has 2 nitrogen and oxygen atoms in total. The molecule has 0 aliphatic rings. The van der Waals surface area contributed by atoms with E-state index in [4.69, 9.17) is 16.3 Å². The fourth-order valence-corrected chi connectivity index (χ4v) is 3.19. The topological polar surface area (TPSA) is 21.3 Å². The van der Waals surface area contributed by atoms with E-state index in [1.807, 2.05) is 18.2 Å². The summed E-state index contributed by atoms with van der Waals surface area (Å²) in [5.74, 6) is 0.717. The van der Waals surface area contributed by atoms with Gasteiger partial charge in [0.2, 0.25) is 0 Å². The average molecular weight is 296 g/mol. The second kappa shape index (κ2) is 6.42. The van der Waals surface area contributed by atoms with Crippen LogP contribution in [-0.2, 0) is 0 Å². The molecule has 0 amide bonds. The Morgan fingerprint density at radius 2 is 2.11 bits per heavy atom. The Kier molecular flexibility index (Phi) is 4.86. The summed E-state index contributed by atoms with van der Waals surface area (Å²) in [6, 6.07) is 10.6. The van der Waals surface area contributed by atoms with Gasteiger partial charge in [0, 0.05) is 15.8 Å². The van der Waals surface area contributed by atoms with Crippen molar-refractivity contribution in [3.05, 3.63) is 40.2 Å². The van der Waals surface area contributed by atoms with Gasteiger partial charge in [0.1, 0.15) is 5.75 Å². The molecular formula is C15H18ClNOS. The molecule has 0 radical (unpaired) electrons. The Balaban J connectivity index is 2.27. The predicted octanol–water partition coefficient (Wildman–Crippen LogP) is 4.75. The Morgan fingerprint density at radius 3 is 2.79 bits per heavy atom. The molecule has 1 heterocycles. The third-order valence-electron chi connectivity index (χ3n) is 3.00. The second-order valence-electron chi connectivity index (χ2n) is 4.33. The normalized spacial score (nSPS) is 12.4. The minimum atomic E-state index is 0.387. The number of hydrogen-bond donors (Lipinski definition) is 1. The van der Waals surface area contributed by atoms with E-state index in [2.05, 4.69) is 31.3 Å². The SMILES string of the molecule is CCNC(C)c1ccc(-c2ccc(Cl)c(OC)c2)s1. The smallest absolute Gasteiger partial charge is 0.138 e. The number of nitrogens with one attached hydrogen (secondary N) is 1. The minimum Gasteiger partial charge on any atom is -0.495 e. The van der Waals surface area contributed by atoms with Crippen molar-refractivity contribution in [2.75, 3.05) is 13.7 Å². The van der Waals surface area contributed by atoms with Gasteiger partial charge in [-0.3, -0.25) is 0 Å². The van der Waals surface area contributed by atoms with Gasteiger partial charge in [-0.1, -0.05) is 24.6 Å². The Labute approximate surface area is 123 Å². The van der Waals surface area contributed by atoms with Crippen molar-refractivity contribution in [2.45, 2.75) is 19.9 Å². The highest BCUT2D eigenvalue weighted by atomic mass is 35.5. The lowest BCUT2D eigenvalue weighted by molar-refractivity contribution is 0.415. The molecule has 1 aromatic carbocycles. The number of thiophene rings is 1. The first-order valence-corrected chi connectivity index (χ1v) is 7.52. The fraction of sp³-hybridized carbons (Fsp3) is 0.333. The van der Waals surface area contributed by atoms with Gasteiger partial charge in [0.15, 0.2) is 0 Å². The lowest BCUT2D eigenvalue weighted by Crippen LogP contribution is -2.16. The van der Waals surface area contributed by atoms with Crippen molar-refractivity contribution in [2.24, 2.45) is 0 Å². The molecule has 0 spiro atoms. The van der Waals surface area contributed by atoms with Crippen LogP contribution in [0.5, 0.6) is 5.75 Å². The number of halogens is 1. The maximum absolute atomic E-state index is 6.05. The van der Waals surface area contributed by atoms with Crippen molar-refractivity contribution >= 4 is 22.9 Å². The average Bonchev–Trinajstić information content (AvgIpc) is 2.89. The van der Waals surface area contributed by atoms with Gasteiger partial charge < -0.3 is 10.1 Å². The van der Waals surface area contributed by atoms with Crippen LogP contribution in [0.25, 0.3) is 10.4 Å². The number of rotatable bonds is 5. The summed E-state index contributed by atoms with van der Waals surface area (Å²) in [6.07, 6.45) is 0. The van der Waals surface area contributed by atoms with Crippen molar-refractivity contribution < 1.29 is 4.74 Å². The molecule has 2 rings (SSSR count). The molecule has 0 aliphatic carbocycles. The summed E-state index contributed by atoms with van der Waals surface area (Å²) in [4.78, 5) is 2.57. The van der Waals surface area contributed by atoms with Crippen molar-refractivity contribution in [1.82, 2.24) is 5.32 Å². The van der Waals surface area contributed by atoms with Crippen LogP contribution in [0.15, 0.2) is 30.3 Å². The van der Waals surface area contributed by atoms with E-state index < -0.39 is 0 Å². The Bertz CT molecular complexity index is 553. The van der Waals surface area contributed by atoms with E-state index >= 15 is 0 Å².